The van der Waals surface area contributed by atoms with Gasteiger partial charge in [0, 0.05) is 26.2 Å². The van der Waals surface area contributed by atoms with E-state index in [1.54, 1.807) is 42.5 Å². The average molecular weight is 493 g/mol. The van der Waals surface area contributed by atoms with Gasteiger partial charge in [0.25, 0.3) is 11.7 Å². The number of morpholine rings is 1. The van der Waals surface area contributed by atoms with Crippen LogP contribution in [0.1, 0.15) is 29.2 Å². The maximum Gasteiger partial charge on any atom is 0.295 e. The number of aliphatic hydroxyl groups is 1. The van der Waals surface area contributed by atoms with E-state index in [9.17, 15) is 19.8 Å². The van der Waals surface area contributed by atoms with E-state index < -0.39 is 23.5 Å². The minimum absolute atomic E-state index is 0.0480. The van der Waals surface area contributed by atoms with Gasteiger partial charge in [-0.3, -0.25) is 14.5 Å². The van der Waals surface area contributed by atoms with Gasteiger partial charge in [-0.2, -0.15) is 0 Å². The van der Waals surface area contributed by atoms with Crippen LogP contribution in [-0.4, -0.2) is 77.7 Å². The van der Waals surface area contributed by atoms with Gasteiger partial charge in [-0.1, -0.05) is 36.4 Å². The first-order valence-corrected chi connectivity index (χ1v) is 12.1. The SMILES string of the molecule is C=CCOc1cccc(C2/C(=C(\O)c3cc(C)ccc3O)C(=O)C(=O)N2CCCN2CCOCC2)c1. The molecule has 1 atom stereocenters. The molecular weight excluding hydrogens is 460 g/mol. The molecule has 2 aromatic rings. The average Bonchev–Trinajstić information content (AvgIpc) is 3.14. The lowest BCUT2D eigenvalue weighted by atomic mass is 9.94. The number of aryl methyl sites for hydroxylation is 1. The summed E-state index contributed by atoms with van der Waals surface area (Å²) in [6, 6.07) is 11.1. The number of ketones is 1. The van der Waals surface area contributed by atoms with Crippen molar-refractivity contribution in [2.24, 2.45) is 0 Å². The molecule has 0 saturated carbocycles. The van der Waals surface area contributed by atoms with Crippen molar-refractivity contribution in [1.82, 2.24) is 9.80 Å². The van der Waals surface area contributed by atoms with Gasteiger partial charge in [-0.25, -0.2) is 0 Å². The lowest BCUT2D eigenvalue weighted by molar-refractivity contribution is -0.140. The molecule has 0 radical (unpaired) electrons. The molecule has 2 aliphatic rings. The van der Waals surface area contributed by atoms with Crippen LogP contribution in [0.25, 0.3) is 5.76 Å². The second-order valence-corrected chi connectivity index (χ2v) is 8.99. The zero-order valence-electron chi connectivity index (χ0n) is 20.5. The van der Waals surface area contributed by atoms with Crippen molar-refractivity contribution in [3.05, 3.63) is 77.4 Å². The maximum atomic E-state index is 13.3. The molecule has 0 bridgehead atoms. The van der Waals surface area contributed by atoms with Crippen molar-refractivity contribution >= 4 is 17.4 Å². The third-order valence-electron chi connectivity index (χ3n) is 6.47. The van der Waals surface area contributed by atoms with E-state index in [0.29, 0.717) is 44.1 Å². The molecule has 2 heterocycles. The summed E-state index contributed by atoms with van der Waals surface area (Å²) in [4.78, 5) is 30.3. The van der Waals surface area contributed by atoms with Gasteiger partial charge >= 0.3 is 0 Å². The summed E-state index contributed by atoms with van der Waals surface area (Å²) in [6.45, 7) is 9.91. The number of carbonyl (C=O) groups is 2. The van der Waals surface area contributed by atoms with E-state index in [-0.39, 0.29) is 16.9 Å². The number of rotatable bonds is 9. The molecular formula is C28H32N2O6. The number of phenols is 1. The lowest BCUT2D eigenvalue weighted by Crippen LogP contribution is -2.38. The van der Waals surface area contributed by atoms with Crippen molar-refractivity contribution in [3.63, 3.8) is 0 Å². The number of likely N-dealkylation sites (tertiary alicyclic amines) is 1. The fourth-order valence-electron chi connectivity index (χ4n) is 4.66. The molecule has 0 spiro atoms. The molecule has 8 nitrogen and oxygen atoms in total. The largest absolute Gasteiger partial charge is 0.507 e. The summed E-state index contributed by atoms with van der Waals surface area (Å²) >= 11 is 0. The molecule has 1 amide bonds. The maximum absolute atomic E-state index is 13.3. The number of Topliss-reactive ketones (excluding diaryl/α,β-unsaturated/α-hetero) is 1. The molecule has 190 valence electrons. The second kappa shape index (κ2) is 11.4. The fraction of sp³-hybridized carbons (Fsp3) is 0.357. The molecule has 2 aliphatic heterocycles. The number of aromatic hydroxyl groups is 1. The Labute approximate surface area is 211 Å². The van der Waals surface area contributed by atoms with Gasteiger partial charge < -0.3 is 24.6 Å². The number of phenolic OH excluding ortho intramolecular Hbond substituents is 1. The molecule has 2 saturated heterocycles. The Balaban J connectivity index is 1.72. The minimum atomic E-state index is -0.818. The van der Waals surface area contributed by atoms with Gasteiger partial charge in [0.1, 0.15) is 23.9 Å². The van der Waals surface area contributed by atoms with E-state index >= 15 is 0 Å². The molecule has 0 aromatic heterocycles. The van der Waals surface area contributed by atoms with Crippen LogP contribution in [0.4, 0.5) is 0 Å². The Hall–Kier alpha value is -3.62. The zero-order chi connectivity index (χ0) is 25.7. The van der Waals surface area contributed by atoms with Crippen LogP contribution in [0, 0.1) is 6.92 Å². The van der Waals surface area contributed by atoms with E-state index in [0.717, 1.165) is 25.2 Å². The van der Waals surface area contributed by atoms with Crippen molar-refractivity contribution in [3.8, 4) is 11.5 Å². The molecule has 0 aliphatic carbocycles. The predicted molar refractivity (Wildman–Crippen MR) is 136 cm³/mol. The Morgan fingerprint density at radius 1 is 1.17 bits per heavy atom. The monoisotopic (exact) mass is 492 g/mol. The highest BCUT2D eigenvalue weighted by molar-refractivity contribution is 6.46. The molecule has 2 N–H and O–H groups in total. The highest BCUT2D eigenvalue weighted by atomic mass is 16.5. The molecule has 8 heteroatoms. The van der Waals surface area contributed by atoms with Crippen molar-refractivity contribution in [2.45, 2.75) is 19.4 Å². The van der Waals surface area contributed by atoms with Crippen LogP contribution in [0.3, 0.4) is 0 Å². The predicted octanol–water partition coefficient (Wildman–Crippen LogP) is 3.41. The summed E-state index contributed by atoms with van der Waals surface area (Å²) in [7, 11) is 0. The van der Waals surface area contributed by atoms with Gasteiger partial charge in [0.2, 0.25) is 0 Å². The number of ether oxygens (including phenoxy) is 2. The summed E-state index contributed by atoms with van der Waals surface area (Å²) in [5.41, 5.74) is 1.50. The van der Waals surface area contributed by atoms with Gasteiger partial charge in [0.15, 0.2) is 0 Å². The molecule has 36 heavy (non-hydrogen) atoms. The van der Waals surface area contributed by atoms with E-state index in [4.69, 9.17) is 9.47 Å². The smallest absolute Gasteiger partial charge is 0.295 e. The van der Waals surface area contributed by atoms with Crippen LogP contribution in [0.2, 0.25) is 0 Å². The molecule has 2 aromatic carbocycles. The van der Waals surface area contributed by atoms with Crippen LogP contribution in [0.5, 0.6) is 11.5 Å². The van der Waals surface area contributed by atoms with Gasteiger partial charge in [0.05, 0.1) is 30.4 Å². The Kier molecular flexibility index (Phi) is 8.07. The number of benzene rings is 2. The first-order valence-electron chi connectivity index (χ1n) is 12.1. The van der Waals surface area contributed by atoms with Gasteiger partial charge in [-0.05, 0) is 43.2 Å². The normalized spacial score (nSPS) is 20.0. The van der Waals surface area contributed by atoms with Crippen molar-refractivity contribution in [2.75, 3.05) is 46.0 Å². The van der Waals surface area contributed by atoms with Crippen molar-refractivity contribution in [1.29, 1.82) is 0 Å². The lowest BCUT2D eigenvalue weighted by Gasteiger charge is -2.29. The number of aliphatic hydroxyl groups excluding tert-OH is 1. The minimum Gasteiger partial charge on any atom is -0.507 e. The standard InChI is InChI=1S/C28H32N2O6/c1-3-14-36-21-7-4-6-20(18-21)25-24(26(32)22-17-19(2)8-9-23(22)31)27(33)28(34)30(25)11-5-10-29-12-15-35-16-13-29/h3-4,6-9,17-18,25,31-32H,1,5,10-16H2,2H3/b26-24+. The first kappa shape index (κ1) is 25.5. The Morgan fingerprint density at radius 2 is 1.94 bits per heavy atom. The highest BCUT2D eigenvalue weighted by Gasteiger charge is 2.46. The fourth-order valence-corrected chi connectivity index (χ4v) is 4.66. The van der Waals surface area contributed by atoms with Gasteiger partial charge in [-0.15, -0.1) is 0 Å². The third-order valence-corrected chi connectivity index (χ3v) is 6.47. The second-order valence-electron chi connectivity index (χ2n) is 8.99. The molecule has 1 unspecified atom stereocenters. The zero-order valence-corrected chi connectivity index (χ0v) is 20.5. The van der Waals surface area contributed by atoms with E-state index in [1.165, 1.54) is 11.0 Å². The van der Waals surface area contributed by atoms with Crippen LogP contribution in [0.15, 0.2) is 60.7 Å². The Bertz CT molecular complexity index is 1170. The van der Waals surface area contributed by atoms with Crippen LogP contribution in [-0.2, 0) is 14.3 Å². The van der Waals surface area contributed by atoms with E-state index in [1.807, 2.05) is 6.92 Å². The first-order chi connectivity index (χ1) is 17.4. The summed E-state index contributed by atoms with van der Waals surface area (Å²) in [6.07, 6.45) is 2.29. The number of hydrogen-bond acceptors (Lipinski definition) is 7. The van der Waals surface area contributed by atoms with Crippen molar-refractivity contribution < 1.29 is 29.3 Å². The number of hydrogen-bond donors (Lipinski definition) is 2. The summed E-state index contributed by atoms with van der Waals surface area (Å²) in [5, 5.41) is 21.7. The quantitative estimate of drug-likeness (QED) is 0.240. The topological polar surface area (TPSA) is 99.5 Å². The Morgan fingerprint density at radius 3 is 2.69 bits per heavy atom. The molecule has 2 fully saturated rings. The molecule has 4 rings (SSSR count). The highest BCUT2D eigenvalue weighted by Crippen LogP contribution is 2.41. The van der Waals surface area contributed by atoms with Crippen LogP contribution >= 0.6 is 0 Å². The number of amides is 1. The van der Waals surface area contributed by atoms with Crippen LogP contribution < -0.4 is 4.74 Å². The third kappa shape index (κ3) is 5.45. The number of nitrogens with zero attached hydrogens (tertiary/aromatic N) is 2. The summed E-state index contributed by atoms with van der Waals surface area (Å²) in [5.74, 6) is -1.45. The number of carbonyl (C=O) groups excluding carboxylic acids is 2. The summed E-state index contributed by atoms with van der Waals surface area (Å²) < 4.78 is 11.1. The van der Waals surface area contributed by atoms with E-state index in [2.05, 4.69) is 11.5 Å².